The Morgan fingerprint density at radius 2 is 1.90 bits per heavy atom. The maximum Gasteiger partial charge on any atom is 0.244 e. The Morgan fingerprint density at radius 1 is 1.29 bits per heavy atom. The predicted octanol–water partition coefficient (Wildman–Crippen LogP) is 1.40. The molecule has 1 aromatic rings. The lowest BCUT2D eigenvalue weighted by Crippen LogP contribution is -2.31. The van der Waals surface area contributed by atoms with E-state index in [0.29, 0.717) is 29.7 Å². The molecule has 2 N–H and O–H groups in total. The van der Waals surface area contributed by atoms with Gasteiger partial charge in [-0.25, -0.2) is 13.1 Å². The molecular weight excluding hydrogens is 292 g/mol. The van der Waals surface area contributed by atoms with Crippen molar-refractivity contribution in [2.45, 2.75) is 51.7 Å². The zero-order valence-electron chi connectivity index (χ0n) is 13.4. The third-order valence-electron chi connectivity index (χ3n) is 3.61. The van der Waals surface area contributed by atoms with E-state index in [4.69, 9.17) is 4.42 Å². The molecule has 0 aliphatic heterocycles. The van der Waals surface area contributed by atoms with E-state index in [-0.39, 0.29) is 11.5 Å². The van der Waals surface area contributed by atoms with E-state index >= 15 is 0 Å². The highest BCUT2D eigenvalue weighted by atomic mass is 32.2. The Balaban J connectivity index is 2.71. The van der Waals surface area contributed by atoms with E-state index in [1.807, 2.05) is 7.05 Å². The summed E-state index contributed by atoms with van der Waals surface area (Å²) < 4.78 is 32.5. The number of nitrogens with zero attached hydrogens (tertiary/aromatic N) is 1. The Kier molecular flexibility index (Phi) is 6.40. The molecule has 0 saturated carbocycles. The summed E-state index contributed by atoms with van der Waals surface area (Å²) in [5.41, 5.74) is 0.333. The summed E-state index contributed by atoms with van der Waals surface area (Å²) in [6.07, 6.45) is 0.720. The van der Waals surface area contributed by atoms with E-state index in [1.165, 1.54) is 0 Å². The van der Waals surface area contributed by atoms with Crippen molar-refractivity contribution in [1.29, 1.82) is 0 Å². The van der Waals surface area contributed by atoms with Gasteiger partial charge in [0.05, 0.1) is 6.61 Å². The maximum atomic E-state index is 12.3. The van der Waals surface area contributed by atoms with Crippen LogP contribution in [0.15, 0.2) is 9.31 Å². The molecule has 0 atom stereocenters. The molecular formula is C14H26N2O4S. The molecule has 1 heterocycles. The lowest BCUT2D eigenvalue weighted by Gasteiger charge is -2.20. The molecule has 0 aromatic carbocycles. The van der Waals surface area contributed by atoms with Crippen molar-refractivity contribution in [2.24, 2.45) is 0 Å². The van der Waals surface area contributed by atoms with Gasteiger partial charge in [-0.2, -0.15) is 0 Å². The first-order valence-corrected chi connectivity index (χ1v) is 8.58. The van der Waals surface area contributed by atoms with Gasteiger partial charge in [0.1, 0.15) is 16.4 Å². The van der Waals surface area contributed by atoms with Crippen molar-refractivity contribution < 1.29 is 17.9 Å². The highest BCUT2D eigenvalue weighted by Gasteiger charge is 2.26. The van der Waals surface area contributed by atoms with Crippen molar-refractivity contribution >= 4 is 10.0 Å². The highest BCUT2D eigenvalue weighted by molar-refractivity contribution is 7.89. The molecule has 7 heteroatoms. The second-order valence-electron chi connectivity index (χ2n) is 5.51. The van der Waals surface area contributed by atoms with Gasteiger partial charge in [0, 0.05) is 18.2 Å². The van der Waals surface area contributed by atoms with Crippen LogP contribution in [0.3, 0.4) is 0 Å². The summed E-state index contributed by atoms with van der Waals surface area (Å²) in [7, 11) is -1.65. The van der Waals surface area contributed by atoms with Crippen LogP contribution in [0.2, 0.25) is 0 Å². The van der Waals surface area contributed by atoms with Gasteiger partial charge in [-0.1, -0.05) is 0 Å². The van der Waals surface area contributed by atoms with Crippen LogP contribution >= 0.6 is 0 Å². The first-order valence-electron chi connectivity index (χ1n) is 7.10. The molecule has 0 saturated heterocycles. The Labute approximate surface area is 127 Å². The number of furan rings is 1. The smallest absolute Gasteiger partial charge is 0.244 e. The van der Waals surface area contributed by atoms with Crippen LogP contribution < -0.4 is 4.72 Å². The summed E-state index contributed by atoms with van der Waals surface area (Å²) in [6.45, 7) is 8.24. The molecule has 0 spiro atoms. The highest BCUT2D eigenvalue weighted by Crippen LogP contribution is 2.26. The molecule has 0 bridgehead atoms. The van der Waals surface area contributed by atoms with E-state index in [2.05, 4.69) is 23.5 Å². The topological polar surface area (TPSA) is 82.8 Å². The van der Waals surface area contributed by atoms with Crippen molar-refractivity contribution in [1.82, 2.24) is 9.62 Å². The van der Waals surface area contributed by atoms with Crippen LogP contribution in [0.5, 0.6) is 0 Å². The third-order valence-corrected chi connectivity index (χ3v) is 5.27. The SMILES string of the molecule is Cc1oc(C)c(S(=O)(=O)NCCCN(C)C(C)C)c1CO. The van der Waals surface area contributed by atoms with Crippen molar-refractivity contribution in [3.63, 3.8) is 0 Å². The van der Waals surface area contributed by atoms with Crippen molar-refractivity contribution in [3.8, 4) is 0 Å². The van der Waals surface area contributed by atoms with Gasteiger partial charge in [0.25, 0.3) is 0 Å². The predicted molar refractivity (Wildman–Crippen MR) is 81.7 cm³/mol. The van der Waals surface area contributed by atoms with Gasteiger partial charge in [-0.3, -0.25) is 0 Å². The van der Waals surface area contributed by atoms with Gasteiger partial charge in [0.15, 0.2) is 0 Å². The summed E-state index contributed by atoms with van der Waals surface area (Å²) in [5, 5.41) is 9.32. The fourth-order valence-electron chi connectivity index (χ4n) is 2.11. The Morgan fingerprint density at radius 3 is 2.43 bits per heavy atom. The van der Waals surface area contributed by atoms with Gasteiger partial charge in [-0.15, -0.1) is 0 Å². The molecule has 122 valence electrons. The fourth-order valence-corrected chi connectivity index (χ4v) is 3.62. The fraction of sp³-hybridized carbons (Fsp3) is 0.714. The number of rotatable bonds is 8. The second kappa shape index (κ2) is 7.40. The average molecular weight is 318 g/mol. The molecule has 0 unspecified atom stereocenters. The number of aryl methyl sites for hydroxylation is 2. The summed E-state index contributed by atoms with van der Waals surface area (Å²) in [6, 6.07) is 0.432. The number of hydrogen-bond acceptors (Lipinski definition) is 5. The molecule has 0 amide bonds. The molecule has 0 fully saturated rings. The van der Waals surface area contributed by atoms with Gasteiger partial charge in [0.2, 0.25) is 10.0 Å². The normalized spacial score (nSPS) is 12.6. The van der Waals surface area contributed by atoms with E-state index in [1.54, 1.807) is 13.8 Å². The molecule has 1 rings (SSSR count). The molecule has 0 aliphatic rings. The van der Waals surface area contributed by atoms with Crippen molar-refractivity contribution in [2.75, 3.05) is 20.1 Å². The first-order chi connectivity index (χ1) is 9.70. The minimum atomic E-state index is -3.65. The number of hydrogen-bond donors (Lipinski definition) is 2. The standard InChI is InChI=1S/C14H26N2O4S/c1-10(2)16(5)8-6-7-15-21(18,19)14-12(4)20-11(3)13(14)9-17/h10,15,17H,6-9H2,1-5H3. The van der Waals surface area contributed by atoms with Crippen LogP contribution in [-0.2, 0) is 16.6 Å². The average Bonchev–Trinajstić information content (AvgIpc) is 2.68. The quantitative estimate of drug-likeness (QED) is 0.708. The monoisotopic (exact) mass is 318 g/mol. The summed E-state index contributed by atoms with van der Waals surface area (Å²) in [4.78, 5) is 2.22. The lowest BCUT2D eigenvalue weighted by atomic mass is 10.2. The largest absolute Gasteiger partial charge is 0.465 e. The summed E-state index contributed by atoms with van der Waals surface area (Å²) in [5.74, 6) is 0.748. The van der Waals surface area contributed by atoms with Crippen LogP contribution in [0, 0.1) is 13.8 Å². The van der Waals surface area contributed by atoms with Crippen LogP contribution in [0.1, 0.15) is 37.4 Å². The number of nitrogens with one attached hydrogen (secondary N) is 1. The van der Waals surface area contributed by atoms with Crippen LogP contribution in [0.25, 0.3) is 0 Å². The number of aliphatic hydroxyl groups is 1. The lowest BCUT2D eigenvalue weighted by molar-refractivity contribution is 0.271. The summed E-state index contributed by atoms with van der Waals surface area (Å²) >= 11 is 0. The first kappa shape index (κ1) is 18.2. The van der Waals surface area contributed by atoms with Gasteiger partial charge in [-0.05, 0) is 47.7 Å². The third kappa shape index (κ3) is 4.54. The Bertz CT molecular complexity index is 564. The minimum absolute atomic E-state index is 0.0692. The van der Waals surface area contributed by atoms with Crippen LogP contribution in [-0.4, -0.2) is 44.6 Å². The molecule has 0 aliphatic carbocycles. The number of sulfonamides is 1. The molecule has 1 aromatic heterocycles. The van der Waals surface area contributed by atoms with Crippen molar-refractivity contribution in [3.05, 3.63) is 17.1 Å². The van der Waals surface area contributed by atoms with Crippen LogP contribution in [0.4, 0.5) is 0 Å². The minimum Gasteiger partial charge on any atom is -0.465 e. The Hall–Kier alpha value is -0.890. The van der Waals surface area contributed by atoms with E-state index < -0.39 is 10.0 Å². The zero-order chi connectivity index (χ0) is 16.2. The van der Waals surface area contributed by atoms with E-state index in [0.717, 1.165) is 13.0 Å². The molecule has 21 heavy (non-hydrogen) atoms. The zero-order valence-corrected chi connectivity index (χ0v) is 14.2. The van der Waals surface area contributed by atoms with Gasteiger partial charge >= 0.3 is 0 Å². The molecule has 6 nitrogen and oxygen atoms in total. The van der Waals surface area contributed by atoms with Gasteiger partial charge < -0.3 is 14.4 Å². The maximum absolute atomic E-state index is 12.3. The van der Waals surface area contributed by atoms with E-state index in [9.17, 15) is 13.5 Å². The second-order valence-corrected chi connectivity index (χ2v) is 7.21. The molecule has 0 radical (unpaired) electrons. The number of aliphatic hydroxyl groups excluding tert-OH is 1.